The standard InChI is InChI=1S/C15H19F3N2O2S/c1-10-3-4-11(9-13(10)15(16,17)18)19-14(21)20(2)12-5-7-23(22)8-6-12/h3-4,9,12H,5-8H2,1-2H3,(H,19,21). The Balaban J connectivity index is 2.06. The van der Waals surface area contributed by atoms with Crippen molar-refractivity contribution in [2.24, 2.45) is 0 Å². The fraction of sp³-hybridized carbons (Fsp3) is 0.533. The lowest BCUT2D eigenvalue weighted by Gasteiger charge is -2.31. The van der Waals surface area contributed by atoms with E-state index in [9.17, 15) is 22.2 Å². The van der Waals surface area contributed by atoms with Crippen molar-refractivity contribution >= 4 is 22.5 Å². The van der Waals surface area contributed by atoms with Gasteiger partial charge in [-0.25, -0.2) is 4.79 Å². The van der Waals surface area contributed by atoms with Gasteiger partial charge < -0.3 is 10.2 Å². The Morgan fingerprint density at radius 1 is 1.30 bits per heavy atom. The number of alkyl halides is 3. The van der Waals surface area contributed by atoms with Crippen molar-refractivity contribution in [2.45, 2.75) is 32.0 Å². The highest BCUT2D eigenvalue weighted by atomic mass is 32.2. The Labute approximate surface area is 135 Å². The number of aryl methyl sites for hydroxylation is 1. The lowest BCUT2D eigenvalue weighted by molar-refractivity contribution is -0.138. The third-order valence-corrected chi connectivity index (χ3v) is 5.40. The lowest BCUT2D eigenvalue weighted by Crippen LogP contribution is -2.43. The van der Waals surface area contributed by atoms with Gasteiger partial charge in [-0.15, -0.1) is 0 Å². The minimum atomic E-state index is -4.45. The van der Waals surface area contributed by atoms with Crippen LogP contribution in [0.5, 0.6) is 0 Å². The summed E-state index contributed by atoms with van der Waals surface area (Å²) in [5.74, 6) is 1.09. The van der Waals surface area contributed by atoms with Gasteiger partial charge in [-0.3, -0.25) is 4.21 Å². The molecule has 2 rings (SSSR count). The number of anilines is 1. The molecule has 1 aromatic carbocycles. The molecule has 0 spiro atoms. The Morgan fingerprint density at radius 3 is 2.48 bits per heavy atom. The molecular formula is C15H19F3N2O2S. The van der Waals surface area contributed by atoms with Gasteiger partial charge in [0, 0.05) is 41.1 Å². The lowest BCUT2D eigenvalue weighted by atomic mass is 10.1. The van der Waals surface area contributed by atoms with E-state index in [1.807, 2.05) is 0 Å². The van der Waals surface area contributed by atoms with Crippen LogP contribution in [0.1, 0.15) is 24.0 Å². The van der Waals surface area contributed by atoms with Crippen molar-refractivity contribution in [1.29, 1.82) is 0 Å². The molecule has 1 aromatic rings. The second-order valence-electron chi connectivity index (χ2n) is 5.65. The highest BCUT2D eigenvalue weighted by molar-refractivity contribution is 7.85. The van der Waals surface area contributed by atoms with Crippen LogP contribution in [0, 0.1) is 6.92 Å². The Hall–Kier alpha value is -1.57. The van der Waals surface area contributed by atoms with Gasteiger partial charge >= 0.3 is 12.2 Å². The summed E-state index contributed by atoms with van der Waals surface area (Å²) in [6, 6.07) is 3.23. The minimum absolute atomic E-state index is 0.0414. The molecular weight excluding hydrogens is 329 g/mol. The molecule has 4 nitrogen and oxygen atoms in total. The van der Waals surface area contributed by atoms with Gasteiger partial charge in [0.1, 0.15) is 0 Å². The minimum Gasteiger partial charge on any atom is -0.325 e. The van der Waals surface area contributed by atoms with Crippen molar-refractivity contribution in [3.05, 3.63) is 29.3 Å². The van der Waals surface area contributed by atoms with Crippen molar-refractivity contribution in [2.75, 3.05) is 23.9 Å². The number of nitrogens with zero attached hydrogens (tertiary/aromatic N) is 1. The van der Waals surface area contributed by atoms with E-state index in [0.717, 1.165) is 6.07 Å². The first-order valence-electron chi connectivity index (χ1n) is 7.25. The number of carbonyl (C=O) groups excluding carboxylic acids is 1. The van der Waals surface area contributed by atoms with Crippen LogP contribution in [0.15, 0.2) is 18.2 Å². The molecule has 128 valence electrons. The van der Waals surface area contributed by atoms with Crippen LogP contribution in [0.25, 0.3) is 0 Å². The third-order valence-electron chi connectivity index (χ3n) is 4.02. The molecule has 0 unspecified atom stereocenters. The highest BCUT2D eigenvalue weighted by Gasteiger charge is 2.33. The second-order valence-corrected chi connectivity index (χ2v) is 7.34. The smallest absolute Gasteiger partial charge is 0.325 e. The number of nitrogens with one attached hydrogen (secondary N) is 1. The number of urea groups is 1. The maximum Gasteiger partial charge on any atom is 0.416 e. The second kappa shape index (κ2) is 6.90. The van der Waals surface area contributed by atoms with Crippen molar-refractivity contribution < 1.29 is 22.2 Å². The first-order chi connectivity index (χ1) is 10.7. The topological polar surface area (TPSA) is 49.4 Å². The predicted molar refractivity (Wildman–Crippen MR) is 83.9 cm³/mol. The number of hydrogen-bond donors (Lipinski definition) is 1. The van der Waals surface area contributed by atoms with Crippen molar-refractivity contribution in [3.63, 3.8) is 0 Å². The molecule has 1 heterocycles. The number of benzene rings is 1. The van der Waals surface area contributed by atoms with Gasteiger partial charge in [0.05, 0.1) is 5.56 Å². The third kappa shape index (κ3) is 4.46. The highest BCUT2D eigenvalue weighted by Crippen LogP contribution is 2.33. The Morgan fingerprint density at radius 2 is 1.91 bits per heavy atom. The summed E-state index contributed by atoms with van der Waals surface area (Å²) in [4.78, 5) is 13.7. The van der Waals surface area contributed by atoms with Gasteiger partial charge in [0.2, 0.25) is 0 Å². The van der Waals surface area contributed by atoms with Crippen LogP contribution < -0.4 is 5.32 Å². The van der Waals surface area contributed by atoms with Gasteiger partial charge in [-0.05, 0) is 37.5 Å². The van der Waals surface area contributed by atoms with Gasteiger partial charge in [-0.2, -0.15) is 13.2 Å². The first-order valence-corrected chi connectivity index (χ1v) is 8.74. The molecule has 23 heavy (non-hydrogen) atoms. The molecule has 8 heteroatoms. The molecule has 1 N–H and O–H groups in total. The molecule has 2 amide bonds. The van der Waals surface area contributed by atoms with Crippen LogP contribution >= 0.6 is 0 Å². The Kier molecular flexibility index (Phi) is 5.33. The van der Waals surface area contributed by atoms with Gasteiger partial charge in [0.15, 0.2) is 0 Å². The molecule has 0 aromatic heterocycles. The van der Waals surface area contributed by atoms with E-state index in [2.05, 4.69) is 5.32 Å². The molecule has 0 radical (unpaired) electrons. The largest absolute Gasteiger partial charge is 0.416 e. The fourth-order valence-corrected chi connectivity index (χ4v) is 3.83. The molecule has 1 aliphatic rings. The SMILES string of the molecule is Cc1ccc(NC(=O)N(C)C2CCS(=O)CC2)cc1C(F)(F)F. The zero-order chi connectivity index (χ0) is 17.2. The van der Waals surface area contributed by atoms with Crippen molar-refractivity contribution in [1.82, 2.24) is 4.90 Å². The average molecular weight is 348 g/mol. The quantitative estimate of drug-likeness (QED) is 0.891. The fourth-order valence-electron chi connectivity index (χ4n) is 2.55. The summed E-state index contributed by atoms with van der Waals surface area (Å²) in [7, 11) is 0.777. The van der Waals surface area contributed by atoms with Crippen LogP contribution in [0.4, 0.5) is 23.7 Å². The summed E-state index contributed by atoms with van der Waals surface area (Å²) >= 11 is 0. The summed E-state index contributed by atoms with van der Waals surface area (Å²) in [5, 5.41) is 2.50. The zero-order valence-corrected chi connectivity index (χ0v) is 13.8. The number of hydrogen-bond acceptors (Lipinski definition) is 2. The summed E-state index contributed by atoms with van der Waals surface area (Å²) in [5.41, 5.74) is -0.538. The maximum absolute atomic E-state index is 12.9. The van der Waals surface area contributed by atoms with Crippen LogP contribution in [0.3, 0.4) is 0 Å². The van der Waals surface area contributed by atoms with E-state index in [-0.39, 0.29) is 17.3 Å². The van der Waals surface area contributed by atoms with E-state index in [1.165, 1.54) is 24.0 Å². The van der Waals surface area contributed by atoms with E-state index in [4.69, 9.17) is 0 Å². The molecule has 1 saturated heterocycles. The van der Waals surface area contributed by atoms with Gasteiger partial charge in [-0.1, -0.05) is 6.07 Å². The summed E-state index contributed by atoms with van der Waals surface area (Å²) in [6.45, 7) is 1.38. The zero-order valence-electron chi connectivity index (χ0n) is 12.9. The van der Waals surface area contributed by atoms with Crippen LogP contribution in [-0.2, 0) is 17.0 Å². The Bertz CT molecular complexity index is 609. The normalized spacial score (nSPS) is 21.8. The molecule has 0 bridgehead atoms. The number of carbonyl (C=O) groups is 1. The van der Waals surface area contributed by atoms with Gasteiger partial charge in [0.25, 0.3) is 0 Å². The first kappa shape index (κ1) is 17.8. The molecule has 0 saturated carbocycles. The van der Waals surface area contributed by atoms with E-state index >= 15 is 0 Å². The molecule has 1 fully saturated rings. The van der Waals surface area contributed by atoms with E-state index < -0.39 is 28.6 Å². The summed E-state index contributed by atoms with van der Waals surface area (Å²) < 4.78 is 50.0. The summed E-state index contributed by atoms with van der Waals surface area (Å²) in [6.07, 6.45) is -3.18. The molecule has 0 atom stereocenters. The van der Waals surface area contributed by atoms with Crippen LogP contribution in [0.2, 0.25) is 0 Å². The van der Waals surface area contributed by atoms with E-state index in [1.54, 1.807) is 7.05 Å². The molecule has 0 aliphatic carbocycles. The number of rotatable bonds is 2. The average Bonchev–Trinajstić information content (AvgIpc) is 2.48. The van der Waals surface area contributed by atoms with Crippen LogP contribution in [-0.4, -0.2) is 39.7 Å². The number of halogens is 3. The number of amides is 2. The predicted octanol–water partition coefficient (Wildman–Crippen LogP) is 3.39. The molecule has 1 aliphatic heterocycles. The van der Waals surface area contributed by atoms with E-state index in [0.29, 0.717) is 24.3 Å². The monoisotopic (exact) mass is 348 g/mol. The van der Waals surface area contributed by atoms with Crippen molar-refractivity contribution in [3.8, 4) is 0 Å². The maximum atomic E-state index is 12.9.